The van der Waals surface area contributed by atoms with Crippen LogP contribution in [0.15, 0.2) is 22.7 Å². The zero-order valence-corrected chi connectivity index (χ0v) is 9.48. The van der Waals surface area contributed by atoms with Gasteiger partial charge >= 0.3 is 0 Å². The van der Waals surface area contributed by atoms with Gasteiger partial charge in [0.2, 0.25) is 0 Å². The summed E-state index contributed by atoms with van der Waals surface area (Å²) in [5.74, 6) is 0.391. The Bertz CT molecular complexity index is 304. The monoisotopic (exact) mass is 246 g/mol. The van der Waals surface area contributed by atoms with E-state index in [1.807, 2.05) is 20.8 Å². The highest BCUT2D eigenvalue weighted by Crippen LogP contribution is 2.24. The van der Waals surface area contributed by atoms with E-state index < -0.39 is 0 Å². The standard InChI is InChI=1S/C10H12BrFO/c1-10(2,3)13-7-4-5-9(12)8(11)6-7/h4-6H,1-3H3. The normalized spacial score (nSPS) is 11.5. The molecule has 0 fully saturated rings. The van der Waals surface area contributed by atoms with Crippen molar-refractivity contribution in [1.82, 2.24) is 0 Å². The molecule has 0 aliphatic rings. The van der Waals surface area contributed by atoms with Crippen molar-refractivity contribution in [3.63, 3.8) is 0 Å². The van der Waals surface area contributed by atoms with Crippen LogP contribution in [-0.2, 0) is 0 Å². The smallest absolute Gasteiger partial charge is 0.137 e. The Morgan fingerprint density at radius 3 is 2.38 bits per heavy atom. The third kappa shape index (κ3) is 3.35. The summed E-state index contributed by atoms with van der Waals surface area (Å²) in [6.07, 6.45) is 0. The van der Waals surface area contributed by atoms with Crippen molar-refractivity contribution in [3.05, 3.63) is 28.5 Å². The van der Waals surface area contributed by atoms with E-state index in [1.54, 1.807) is 12.1 Å². The van der Waals surface area contributed by atoms with Crippen LogP contribution in [0.3, 0.4) is 0 Å². The summed E-state index contributed by atoms with van der Waals surface area (Å²) in [5, 5.41) is 0. The van der Waals surface area contributed by atoms with Gasteiger partial charge in [0.25, 0.3) is 0 Å². The second-order valence-corrected chi connectivity index (χ2v) is 4.64. The molecule has 0 N–H and O–H groups in total. The lowest BCUT2D eigenvalue weighted by Crippen LogP contribution is -2.22. The molecule has 1 rings (SSSR count). The van der Waals surface area contributed by atoms with Gasteiger partial charge in [-0.25, -0.2) is 4.39 Å². The second-order valence-electron chi connectivity index (χ2n) is 3.79. The van der Waals surface area contributed by atoms with Gasteiger partial charge in [0.05, 0.1) is 4.47 Å². The molecule has 0 heterocycles. The van der Waals surface area contributed by atoms with Crippen molar-refractivity contribution >= 4 is 15.9 Å². The molecule has 0 amide bonds. The summed E-state index contributed by atoms with van der Waals surface area (Å²) in [6, 6.07) is 4.62. The lowest BCUT2D eigenvalue weighted by Gasteiger charge is -2.21. The zero-order chi connectivity index (χ0) is 10.1. The highest BCUT2D eigenvalue weighted by atomic mass is 79.9. The summed E-state index contributed by atoms with van der Waals surface area (Å²) < 4.78 is 18.8. The van der Waals surface area contributed by atoms with Crippen molar-refractivity contribution in [3.8, 4) is 5.75 Å². The topological polar surface area (TPSA) is 9.23 Å². The first-order valence-corrected chi connectivity index (χ1v) is 4.82. The lowest BCUT2D eigenvalue weighted by molar-refractivity contribution is 0.130. The predicted molar refractivity (Wildman–Crippen MR) is 54.5 cm³/mol. The molecule has 0 aromatic heterocycles. The average molecular weight is 247 g/mol. The molecule has 13 heavy (non-hydrogen) atoms. The Balaban J connectivity index is 2.86. The minimum absolute atomic E-state index is 0.253. The van der Waals surface area contributed by atoms with Crippen LogP contribution in [0.5, 0.6) is 5.75 Å². The summed E-state index contributed by atoms with van der Waals surface area (Å²) >= 11 is 3.10. The molecule has 1 aromatic carbocycles. The number of halogens is 2. The largest absolute Gasteiger partial charge is 0.488 e. The Morgan fingerprint density at radius 2 is 1.92 bits per heavy atom. The Kier molecular flexibility index (Phi) is 2.96. The van der Waals surface area contributed by atoms with E-state index in [4.69, 9.17) is 4.74 Å². The fourth-order valence-corrected chi connectivity index (χ4v) is 1.25. The fourth-order valence-electron chi connectivity index (χ4n) is 0.894. The Morgan fingerprint density at radius 1 is 1.31 bits per heavy atom. The summed E-state index contributed by atoms with van der Waals surface area (Å²) in [7, 11) is 0. The van der Waals surface area contributed by atoms with E-state index in [-0.39, 0.29) is 11.4 Å². The van der Waals surface area contributed by atoms with Gasteiger partial charge in [-0.15, -0.1) is 0 Å². The molecule has 0 saturated heterocycles. The van der Waals surface area contributed by atoms with E-state index >= 15 is 0 Å². The Hall–Kier alpha value is -0.570. The van der Waals surface area contributed by atoms with E-state index in [1.165, 1.54) is 6.07 Å². The molecule has 0 aliphatic heterocycles. The number of hydrogen-bond donors (Lipinski definition) is 0. The summed E-state index contributed by atoms with van der Waals surface area (Å²) in [6.45, 7) is 5.85. The van der Waals surface area contributed by atoms with Crippen LogP contribution in [0.4, 0.5) is 4.39 Å². The molecule has 0 aliphatic carbocycles. The molecule has 1 nitrogen and oxygen atoms in total. The summed E-state index contributed by atoms with van der Waals surface area (Å²) in [5.41, 5.74) is -0.253. The van der Waals surface area contributed by atoms with Crippen LogP contribution in [0.1, 0.15) is 20.8 Å². The molecule has 1 aromatic rings. The minimum atomic E-state index is -0.277. The first-order valence-electron chi connectivity index (χ1n) is 4.02. The first-order chi connectivity index (χ1) is 5.88. The van der Waals surface area contributed by atoms with Gasteiger partial charge in [0.1, 0.15) is 17.2 Å². The number of rotatable bonds is 1. The van der Waals surface area contributed by atoms with Gasteiger partial charge in [-0.3, -0.25) is 0 Å². The lowest BCUT2D eigenvalue weighted by atomic mass is 10.2. The maximum atomic E-state index is 12.8. The van der Waals surface area contributed by atoms with Crippen LogP contribution in [0.25, 0.3) is 0 Å². The van der Waals surface area contributed by atoms with Gasteiger partial charge < -0.3 is 4.74 Å². The maximum absolute atomic E-state index is 12.8. The number of hydrogen-bond acceptors (Lipinski definition) is 1. The van der Waals surface area contributed by atoms with Crippen LogP contribution < -0.4 is 4.74 Å². The summed E-state index contributed by atoms with van der Waals surface area (Å²) in [4.78, 5) is 0. The first kappa shape index (κ1) is 10.5. The van der Waals surface area contributed by atoms with E-state index in [0.29, 0.717) is 10.2 Å². The van der Waals surface area contributed by atoms with Crippen LogP contribution in [0.2, 0.25) is 0 Å². The van der Waals surface area contributed by atoms with E-state index in [0.717, 1.165) is 0 Å². The molecule has 0 unspecified atom stereocenters. The minimum Gasteiger partial charge on any atom is -0.488 e. The van der Waals surface area contributed by atoms with Gasteiger partial charge in [-0.2, -0.15) is 0 Å². The molecule has 0 spiro atoms. The van der Waals surface area contributed by atoms with Crippen LogP contribution in [-0.4, -0.2) is 5.60 Å². The second kappa shape index (κ2) is 3.66. The van der Waals surface area contributed by atoms with Gasteiger partial charge in [0.15, 0.2) is 0 Å². The van der Waals surface area contributed by atoms with Crippen molar-refractivity contribution < 1.29 is 9.13 Å². The molecule has 0 saturated carbocycles. The van der Waals surface area contributed by atoms with Crippen LogP contribution in [0, 0.1) is 5.82 Å². The fraction of sp³-hybridized carbons (Fsp3) is 0.400. The predicted octanol–water partition coefficient (Wildman–Crippen LogP) is 3.77. The molecule has 72 valence electrons. The molecular weight excluding hydrogens is 235 g/mol. The quantitative estimate of drug-likeness (QED) is 0.734. The van der Waals surface area contributed by atoms with Crippen molar-refractivity contribution in [2.45, 2.75) is 26.4 Å². The molecule has 0 radical (unpaired) electrons. The molecular formula is C10H12BrFO. The molecule has 0 atom stereocenters. The zero-order valence-electron chi connectivity index (χ0n) is 7.90. The highest BCUT2D eigenvalue weighted by molar-refractivity contribution is 9.10. The number of ether oxygens (including phenoxy) is 1. The average Bonchev–Trinajstić information content (AvgIpc) is 1.94. The molecule has 0 bridgehead atoms. The number of benzene rings is 1. The Labute approximate surface area is 86.0 Å². The van der Waals surface area contributed by atoms with Crippen molar-refractivity contribution in [2.75, 3.05) is 0 Å². The maximum Gasteiger partial charge on any atom is 0.137 e. The molecule has 3 heteroatoms. The van der Waals surface area contributed by atoms with Crippen LogP contribution >= 0.6 is 15.9 Å². The van der Waals surface area contributed by atoms with E-state index in [9.17, 15) is 4.39 Å². The van der Waals surface area contributed by atoms with Crippen molar-refractivity contribution in [1.29, 1.82) is 0 Å². The van der Waals surface area contributed by atoms with E-state index in [2.05, 4.69) is 15.9 Å². The van der Waals surface area contributed by atoms with Gasteiger partial charge in [-0.05, 0) is 54.9 Å². The third-order valence-corrected chi connectivity index (χ3v) is 1.92. The highest BCUT2D eigenvalue weighted by Gasteiger charge is 2.12. The van der Waals surface area contributed by atoms with Crippen molar-refractivity contribution in [2.24, 2.45) is 0 Å². The third-order valence-electron chi connectivity index (χ3n) is 1.32. The van der Waals surface area contributed by atoms with Gasteiger partial charge in [0, 0.05) is 0 Å². The van der Waals surface area contributed by atoms with Gasteiger partial charge in [-0.1, -0.05) is 0 Å². The SMILES string of the molecule is CC(C)(C)Oc1ccc(F)c(Br)c1.